The summed E-state index contributed by atoms with van der Waals surface area (Å²) in [5.74, 6) is 0.879. The summed E-state index contributed by atoms with van der Waals surface area (Å²) >= 11 is 2.77. The van der Waals surface area contributed by atoms with Crippen LogP contribution in [0.15, 0.2) is 64.5 Å². The first-order valence-electron chi connectivity index (χ1n) is 12.2. The lowest BCUT2D eigenvalue weighted by Gasteiger charge is -2.26. The number of carbonyl (C=O) groups is 1. The quantitative estimate of drug-likeness (QED) is 0.242. The minimum atomic E-state index is -0.489. The Balaban J connectivity index is 1.58. The van der Waals surface area contributed by atoms with Gasteiger partial charge in [-0.2, -0.15) is 0 Å². The summed E-state index contributed by atoms with van der Waals surface area (Å²) in [5, 5.41) is 3.57. The summed E-state index contributed by atoms with van der Waals surface area (Å²) in [6, 6.07) is 16.6. The number of amides is 1. The largest absolute Gasteiger partial charge is 0.497 e. The lowest BCUT2D eigenvalue weighted by molar-refractivity contribution is -0.115. The molecule has 3 heterocycles. The van der Waals surface area contributed by atoms with E-state index in [0.717, 1.165) is 16.1 Å². The smallest absolute Gasteiger partial charge is 0.267 e. The van der Waals surface area contributed by atoms with Crippen LogP contribution < -0.4 is 15.6 Å². The van der Waals surface area contributed by atoms with E-state index in [9.17, 15) is 9.59 Å². The normalized spacial score (nSPS) is 16.0. The third kappa shape index (κ3) is 5.16. The number of hydrogen-bond donors (Lipinski definition) is 1. The summed E-state index contributed by atoms with van der Waals surface area (Å²) in [4.78, 5) is 33.8. The Morgan fingerprint density at radius 3 is 2.57 bits per heavy atom. The first-order chi connectivity index (χ1) is 17.9. The molecule has 2 unspecified atom stereocenters. The van der Waals surface area contributed by atoms with Crippen LogP contribution in [0.5, 0.6) is 5.75 Å². The van der Waals surface area contributed by atoms with Crippen molar-refractivity contribution in [3.8, 4) is 11.4 Å². The second-order valence-electron chi connectivity index (χ2n) is 9.33. The number of ether oxygens (including phenoxy) is 2. The number of hydrogen-bond acceptors (Lipinski definition) is 7. The van der Waals surface area contributed by atoms with Crippen molar-refractivity contribution >= 4 is 44.9 Å². The van der Waals surface area contributed by atoms with Gasteiger partial charge in [0, 0.05) is 17.0 Å². The fraction of sp³-hybridized carbons (Fsp3) is 0.321. The Bertz CT molecular complexity index is 1480. The van der Waals surface area contributed by atoms with Crippen LogP contribution in [-0.2, 0) is 22.6 Å². The van der Waals surface area contributed by atoms with E-state index in [0.29, 0.717) is 45.8 Å². The summed E-state index contributed by atoms with van der Waals surface area (Å²) in [5.41, 5.74) is 2.30. The van der Waals surface area contributed by atoms with Gasteiger partial charge in [-0.25, -0.2) is 4.98 Å². The topological polar surface area (TPSA) is 82.5 Å². The van der Waals surface area contributed by atoms with Gasteiger partial charge in [0.05, 0.1) is 36.1 Å². The van der Waals surface area contributed by atoms with Crippen LogP contribution in [0.4, 0.5) is 5.69 Å². The minimum absolute atomic E-state index is 0.0647. The van der Waals surface area contributed by atoms with Crippen LogP contribution in [0.3, 0.4) is 0 Å². The number of rotatable bonds is 7. The molecular formula is C28H29N3O4S2. The molecule has 2 atom stereocenters. The second-order valence-corrected chi connectivity index (χ2v) is 11.7. The van der Waals surface area contributed by atoms with Gasteiger partial charge in [0.2, 0.25) is 5.91 Å². The third-order valence-corrected chi connectivity index (χ3v) is 8.63. The van der Waals surface area contributed by atoms with Crippen molar-refractivity contribution in [2.45, 2.75) is 50.3 Å². The van der Waals surface area contributed by atoms with Crippen molar-refractivity contribution in [2.75, 3.05) is 12.4 Å². The lowest BCUT2D eigenvalue weighted by Crippen LogP contribution is -2.29. The van der Waals surface area contributed by atoms with Gasteiger partial charge in [-0.05, 0) is 54.8 Å². The van der Waals surface area contributed by atoms with E-state index in [2.05, 4.69) is 19.2 Å². The van der Waals surface area contributed by atoms with Gasteiger partial charge in [0.1, 0.15) is 10.6 Å². The Kier molecular flexibility index (Phi) is 7.37. The molecule has 1 amide bonds. The molecule has 0 saturated heterocycles. The number of para-hydroxylation sites is 1. The van der Waals surface area contributed by atoms with Crippen LogP contribution in [0.1, 0.15) is 31.2 Å². The zero-order valence-corrected chi connectivity index (χ0v) is 22.8. The van der Waals surface area contributed by atoms with Crippen LogP contribution in [0, 0.1) is 5.92 Å². The summed E-state index contributed by atoms with van der Waals surface area (Å²) < 4.78 is 13.0. The number of aromatic nitrogens is 2. The van der Waals surface area contributed by atoms with E-state index in [1.807, 2.05) is 61.5 Å². The summed E-state index contributed by atoms with van der Waals surface area (Å²) in [6.07, 6.45) is 0.754. The molecule has 37 heavy (non-hydrogen) atoms. The van der Waals surface area contributed by atoms with E-state index < -0.39 is 5.25 Å². The molecule has 0 spiro atoms. The van der Waals surface area contributed by atoms with Crippen molar-refractivity contribution in [2.24, 2.45) is 5.92 Å². The van der Waals surface area contributed by atoms with E-state index in [1.165, 1.54) is 23.1 Å². The standard InChI is InChI=1S/C28H29N3O4S2/c1-16(2)22-14-21-23(15-35-22)37-26-24(21)27(33)31(19-10-12-20(34-4)13-11-19)28(30-26)36-17(3)25(32)29-18-8-6-5-7-9-18/h5-13,16-17,22H,14-15H2,1-4H3,(H,29,32). The Labute approximate surface area is 223 Å². The number of anilines is 1. The van der Waals surface area contributed by atoms with Gasteiger partial charge in [0.15, 0.2) is 5.16 Å². The van der Waals surface area contributed by atoms with E-state index >= 15 is 0 Å². The number of nitrogens with zero attached hydrogens (tertiary/aromatic N) is 2. The van der Waals surface area contributed by atoms with Crippen molar-refractivity contribution < 1.29 is 14.3 Å². The third-order valence-electron chi connectivity index (χ3n) is 6.48. The summed E-state index contributed by atoms with van der Waals surface area (Å²) in [7, 11) is 1.61. The zero-order valence-electron chi connectivity index (χ0n) is 21.2. The number of nitrogens with one attached hydrogen (secondary N) is 1. The number of thiophene rings is 1. The molecule has 0 saturated carbocycles. The monoisotopic (exact) mass is 535 g/mol. The van der Waals surface area contributed by atoms with Crippen LogP contribution >= 0.6 is 23.1 Å². The number of carbonyl (C=O) groups excluding carboxylic acids is 1. The zero-order chi connectivity index (χ0) is 26.1. The lowest BCUT2D eigenvalue weighted by atomic mass is 9.96. The number of fused-ring (bicyclic) bond motifs is 3. The van der Waals surface area contributed by atoms with Crippen molar-refractivity contribution in [1.82, 2.24) is 9.55 Å². The van der Waals surface area contributed by atoms with Crippen molar-refractivity contribution in [1.29, 1.82) is 0 Å². The molecule has 4 aromatic rings. The van der Waals surface area contributed by atoms with Gasteiger partial charge in [0.25, 0.3) is 5.56 Å². The first kappa shape index (κ1) is 25.5. The molecule has 9 heteroatoms. The highest BCUT2D eigenvalue weighted by Crippen LogP contribution is 2.37. The first-order valence-corrected chi connectivity index (χ1v) is 13.9. The maximum Gasteiger partial charge on any atom is 0.267 e. The van der Waals surface area contributed by atoms with Crippen LogP contribution in [0.25, 0.3) is 15.9 Å². The molecule has 0 radical (unpaired) electrons. The fourth-order valence-corrected chi connectivity index (χ4v) is 6.44. The van der Waals surface area contributed by atoms with Gasteiger partial charge >= 0.3 is 0 Å². The van der Waals surface area contributed by atoms with Crippen molar-refractivity contribution in [3.63, 3.8) is 0 Å². The summed E-state index contributed by atoms with van der Waals surface area (Å²) in [6.45, 7) is 6.57. The van der Waals surface area contributed by atoms with Gasteiger partial charge < -0.3 is 14.8 Å². The molecule has 0 bridgehead atoms. The number of thioether (sulfide) groups is 1. The maximum absolute atomic E-state index is 14.1. The van der Waals surface area contributed by atoms with Crippen LogP contribution in [0.2, 0.25) is 0 Å². The minimum Gasteiger partial charge on any atom is -0.497 e. The van der Waals surface area contributed by atoms with E-state index in [4.69, 9.17) is 14.5 Å². The highest BCUT2D eigenvalue weighted by atomic mass is 32.2. The molecule has 0 aliphatic carbocycles. The molecule has 7 nitrogen and oxygen atoms in total. The predicted molar refractivity (Wildman–Crippen MR) is 149 cm³/mol. The number of methoxy groups -OCH3 is 1. The van der Waals surface area contributed by atoms with Crippen molar-refractivity contribution in [3.05, 3.63) is 75.4 Å². The number of benzene rings is 2. The van der Waals surface area contributed by atoms with Gasteiger partial charge in [-0.3, -0.25) is 14.2 Å². The van der Waals surface area contributed by atoms with Crippen LogP contribution in [-0.4, -0.2) is 33.9 Å². The van der Waals surface area contributed by atoms with Gasteiger partial charge in [-0.15, -0.1) is 11.3 Å². The molecule has 5 rings (SSSR count). The maximum atomic E-state index is 14.1. The highest BCUT2D eigenvalue weighted by Gasteiger charge is 2.29. The van der Waals surface area contributed by atoms with E-state index in [-0.39, 0.29) is 17.6 Å². The Morgan fingerprint density at radius 2 is 1.89 bits per heavy atom. The molecule has 2 aromatic heterocycles. The Morgan fingerprint density at radius 1 is 1.16 bits per heavy atom. The van der Waals surface area contributed by atoms with Gasteiger partial charge in [-0.1, -0.05) is 43.8 Å². The predicted octanol–water partition coefficient (Wildman–Crippen LogP) is 5.67. The molecular weight excluding hydrogens is 506 g/mol. The average molecular weight is 536 g/mol. The molecule has 0 fully saturated rings. The molecule has 1 N–H and O–H groups in total. The Hall–Kier alpha value is -3.14. The SMILES string of the molecule is COc1ccc(-n2c(SC(C)C(=O)Nc3ccccc3)nc3sc4c(c3c2=O)CC(C(C)C)OC4)cc1. The average Bonchev–Trinajstić information content (AvgIpc) is 3.27. The molecule has 2 aromatic carbocycles. The fourth-order valence-electron chi connectivity index (χ4n) is 4.35. The van der Waals surface area contributed by atoms with E-state index in [1.54, 1.807) is 11.7 Å². The highest BCUT2D eigenvalue weighted by molar-refractivity contribution is 8.00. The molecule has 192 valence electrons. The second kappa shape index (κ2) is 10.7. The molecule has 1 aliphatic rings. The molecule has 1 aliphatic heterocycles.